The molecule has 0 aromatic heterocycles. The number of carboxylic acids is 1. The number of aliphatic carboxylic acids is 1. The summed E-state index contributed by atoms with van der Waals surface area (Å²) in [6, 6.07) is 0.502. The Kier molecular flexibility index (Phi) is 2.70. The van der Waals surface area contributed by atoms with Gasteiger partial charge in [-0.05, 0) is 68.6 Å². The Labute approximate surface area is 115 Å². The predicted octanol–water partition coefficient (Wildman–Crippen LogP) is 2.80. The Balaban J connectivity index is 1.55. The van der Waals surface area contributed by atoms with Gasteiger partial charge in [0.25, 0.3) is 0 Å². The van der Waals surface area contributed by atoms with Crippen LogP contribution in [0.3, 0.4) is 0 Å². The molecule has 5 fully saturated rings. The van der Waals surface area contributed by atoms with Crippen molar-refractivity contribution in [1.29, 1.82) is 0 Å². The number of carbonyl (C=O) groups is 1. The smallest absolute Gasteiger partial charge is 0.323 e. The Morgan fingerprint density at radius 1 is 0.947 bits per heavy atom. The van der Waals surface area contributed by atoms with Gasteiger partial charge in [-0.3, -0.25) is 10.1 Å². The Morgan fingerprint density at radius 3 is 1.95 bits per heavy atom. The Hall–Kier alpha value is -0.570. The second-order valence-corrected chi connectivity index (χ2v) is 7.70. The number of rotatable bonds is 3. The molecule has 0 spiro atoms. The Morgan fingerprint density at radius 2 is 1.47 bits per heavy atom. The van der Waals surface area contributed by atoms with Crippen molar-refractivity contribution in [2.45, 2.75) is 69.4 Å². The van der Waals surface area contributed by atoms with E-state index in [1.165, 1.54) is 32.1 Å². The first kappa shape index (κ1) is 12.2. The van der Waals surface area contributed by atoms with Gasteiger partial charge in [-0.15, -0.1) is 0 Å². The van der Waals surface area contributed by atoms with Gasteiger partial charge in [0.05, 0.1) is 0 Å². The molecule has 19 heavy (non-hydrogen) atoms. The number of hydrogen-bond donors (Lipinski definition) is 2. The van der Waals surface area contributed by atoms with Gasteiger partial charge < -0.3 is 5.11 Å². The largest absolute Gasteiger partial charge is 0.480 e. The second kappa shape index (κ2) is 4.21. The van der Waals surface area contributed by atoms with E-state index >= 15 is 0 Å². The molecule has 0 atom stereocenters. The fourth-order valence-electron chi connectivity index (χ4n) is 5.88. The van der Waals surface area contributed by atoms with Crippen molar-refractivity contribution in [3.8, 4) is 0 Å². The van der Waals surface area contributed by atoms with Crippen LogP contribution in [0.2, 0.25) is 0 Å². The molecule has 3 nitrogen and oxygen atoms in total. The summed E-state index contributed by atoms with van der Waals surface area (Å²) in [5.41, 5.74) is -0.583. The fourth-order valence-corrected chi connectivity index (χ4v) is 5.88. The third kappa shape index (κ3) is 1.84. The van der Waals surface area contributed by atoms with Crippen molar-refractivity contribution in [1.82, 2.24) is 5.32 Å². The first-order valence-electron chi connectivity index (χ1n) is 8.17. The van der Waals surface area contributed by atoms with Crippen molar-refractivity contribution < 1.29 is 9.90 Å². The minimum absolute atomic E-state index is 0.502. The zero-order chi connectivity index (χ0) is 13.0. The summed E-state index contributed by atoms with van der Waals surface area (Å²) in [5, 5.41) is 13.3. The van der Waals surface area contributed by atoms with E-state index in [4.69, 9.17) is 0 Å². The molecular formula is C16H25NO2. The van der Waals surface area contributed by atoms with Crippen LogP contribution in [-0.2, 0) is 4.79 Å². The second-order valence-electron chi connectivity index (χ2n) is 7.70. The molecule has 5 aliphatic carbocycles. The molecule has 0 aromatic rings. The molecule has 106 valence electrons. The van der Waals surface area contributed by atoms with Crippen LogP contribution in [0.15, 0.2) is 0 Å². The zero-order valence-corrected chi connectivity index (χ0v) is 11.6. The van der Waals surface area contributed by atoms with Gasteiger partial charge in [-0.2, -0.15) is 0 Å². The van der Waals surface area contributed by atoms with Crippen molar-refractivity contribution in [3.63, 3.8) is 0 Å². The molecule has 0 heterocycles. The monoisotopic (exact) mass is 263 g/mol. The van der Waals surface area contributed by atoms with Crippen LogP contribution in [0.5, 0.6) is 0 Å². The third-order valence-electron chi connectivity index (χ3n) is 6.54. The first-order chi connectivity index (χ1) is 9.16. The van der Waals surface area contributed by atoms with Gasteiger partial charge in [0.1, 0.15) is 5.54 Å². The molecule has 0 aromatic carbocycles. The average molecular weight is 263 g/mol. The standard InChI is InChI=1S/C16H25NO2/c18-15(19)16(3-1-2-4-16)17-14-12-6-10-5-11(8-12)9-13(14)7-10/h10-14,17H,1-9H2,(H,18,19). The third-order valence-corrected chi connectivity index (χ3v) is 6.54. The highest BCUT2D eigenvalue weighted by Gasteiger charge is 2.52. The highest BCUT2D eigenvalue weighted by molar-refractivity contribution is 5.79. The summed E-state index contributed by atoms with van der Waals surface area (Å²) in [5.74, 6) is 2.87. The Bertz CT molecular complexity index is 358. The minimum atomic E-state index is -0.598. The lowest BCUT2D eigenvalue weighted by Crippen LogP contribution is -2.62. The summed E-state index contributed by atoms with van der Waals surface area (Å²) in [4.78, 5) is 11.7. The average Bonchev–Trinajstić information content (AvgIpc) is 2.83. The van der Waals surface area contributed by atoms with Gasteiger partial charge >= 0.3 is 5.97 Å². The summed E-state index contributed by atoms with van der Waals surface area (Å²) >= 11 is 0. The van der Waals surface area contributed by atoms with Crippen LogP contribution < -0.4 is 5.32 Å². The zero-order valence-electron chi connectivity index (χ0n) is 11.6. The van der Waals surface area contributed by atoms with Crippen LogP contribution >= 0.6 is 0 Å². The van der Waals surface area contributed by atoms with E-state index in [2.05, 4.69) is 5.32 Å². The van der Waals surface area contributed by atoms with Crippen LogP contribution in [0.1, 0.15) is 57.8 Å². The van der Waals surface area contributed by atoms with Gasteiger partial charge in [0.2, 0.25) is 0 Å². The van der Waals surface area contributed by atoms with E-state index in [1.54, 1.807) is 0 Å². The lowest BCUT2D eigenvalue weighted by Gasteiger charge is -2.56. The molecule has 5 rings (SSSR count). The van der Waals surface area contributed by atoms with Crippen molar-refractivity contribution in [2.75, 3.05) is 0 Å². The van der Waals surface area contributed by atoms with Crippen molar-refractivity contribution in [2.24, 2.45) is 23.7 Å². The quantitative estimate of drug-likeness (QED) is 0.823. The number of carboxylic acid groups (broad SMARTS) is 1. The first-order valence-corrected chi connectivity index (χ1v) is 8.17. The molecule has 5 saturated carbocycles. The molecule has 4 bridgehead atoms. The van der Waals surface area contributed by atoms with Crippen LogP contribution in [0.4, 0.5) is 0 Å². The minimum Gasteiger partial charge on any atom is -0.480 e. The SMILES string of the molecule is O=C(O)C1(NC2C3CC4CC(C3)CC2C4)CCCC1. The van der Waals surface area contributed by atoms with E-state index < -0.39 is 11.5 Å². The maximum absolute atomic E-state index is 11.7. The summed E-state index contributed by atoms with van der Waals surface area (Å²) in [6.07, 6.45) is 10.7. The topological polar surface area (TPSA) is 49.3 Å². The van der Waals surface area contributed by atoms with Gasteiger partial charge in [0, 0.05) is 6.04 Å². The van der Waals surface area contributed by atoms with Crippen molar-refractivity contribution in [3.05, 3.63) is 0 Å². The molecule has 3 heteroatoms. The van der Waals surface area contributed by atoms with Gasteiger partial charge in [-0.25, -0.2) is 0 Å². The summed E-state index contributed by atoms with van der Waals surface area (Å²) in [6.45, 7) is 0. The highest BCUT2D eigenvalue weighted by atomic mass is 16.4. The number of nitrogens with one attached hydrogen (secondary N) is 1. The lowest BCUT2D eigenvalue weighted by molar-refractivity contribution is -0.146. The molecule has 0 amide bonds. The molecule has 0 unspecified atom stereocenters. The molecule has 0 saturated heterocycles. The van der Waals surface area contributed by atoms with Gasteiger partial charge in [0.15, 0.2) is 0 Å². The lowest BCUT2D eigenvalue weighted by atomic mass is 9.54. The van der Waals surface area contributed by atoms with Crippen LogP contribution in [0.25, 0.3) is 0 Å². The maximum atomic E-state index is 11.7. The summed E-state index contributed by atoms with van der Waals surface area (Å²) in [7, 11) is 0. The van der Waals surface area contributed by atoms with E-state index in [1.807, 2.05) is 0 Å². The predicted molar refractivity (Wildman–Crippen MR) is 72.8 cm³/mol. The molecule has 5 aliphatic rings. The number of hydrogen-bond acceptors (Lipinski definition) is 2. The molecule has 2 N–H and O–H groups in total. The normalized spacial score (nSPS) is 46.6. The molecule has 0 radical (unpaired) electrons. The van der Waals surface area contributed by atoms with Crippen LogP contribution in [0, 0.1) is 23.7 Å². The van der Waals surface area contributed by atoms with E-state index in [-0.39, 0.29) is 0 Å². The van der Waals surface area contributed by atoms with E-state index in [9.17, 15) is 9.90 Å². The maximum Gasteiger partial charge on any atom is 0.323 e. The van der Waals surface area contributed by atoms with Crippen LogP contribution in [-0.4, -0.2) is 22.7 Å². The van der Waals surface area contributed by atoms with E-state index in [0.717, 1.165) is 49.4 Å². The molecular weight excluding hydrogens is 238 g/mol. The molecule has 0 aliphatic heterocycles. The van der Waals surface area contributed by atoms with Gasteiger partial charge in [-0.1, -0.05) is 12.8 Å². The van der Waals surface area contributed by atoms with Crippen molar-refractivity contribution >= 4 is 5.97 Å². The highest BCUT2D eigenvalue weighted by Crippen LogP contribution is 2.54. The fraction of sp³-hybridized carbons (Fsp3) is 0.938. The van der Waals surface area contributed by atoms with E-state index in [0.29, 0.717) is 6.04 Å². The summed E-state index contributed by atoms with van der Waals surface area (Å²) < 4.78 is 0.